The lowest BCUT2D eigenvalue weighted by Gasteiger charge is -2.39. The summed E-state index contributed by atoms with van der Waals surface area (Å²) in [5.41, 5.74) is 0. The fourth-order valence-electron chi connectivity index (χ4n) is 1.83. The Kier molecular flexibility index (Phi) is 4.30. The molecule has 0 N–H and O–H groups in total. The van der Waals surface area contributed by atoms with Crippen molar-refractivity contribution in [1.29, 1.82) is 0 Å². The van der Waals surface area contributed by atoms with Gasteiger partial charge in [-0.05, 0) is 12.3 Å². The van der Waals surface area contributed by atoms with Crippen LogP contribution in [0, 0.1) is 11.8 Å². The minimum Gasteiger partial charge on any atom is -0.282 e. The zero-order chi connectivity index (χ0) is 11.4. The molecule has 1 rings (SSSR count). The van der Waals surface area contributed by atoms with Gasteiger partial charge in [0, 0.05) is 13.0 Å². The maximum atomic E-state index is 11.6. The van der Waals surface area contributed by atoms with Crippen LogP contribution in [0.3, 0.4) is 0 Å². The summed E-state index contributed by atoms with van der Waals surface area (Å²) in [6.45, 7) is 6.80. The fraction of sp³-hybridized carbons (Fsp3) is 0.833. The molecule has 1 heterocycles. The standard InChI is InChI=1S/C12H21NO2/c1-4-5-6-7-11(14)13-8-10(9(2)3)12(13)15/h9-10H,4-8H2,1-3H3. The largest absolute Gasteiger partial charge is 0.282 e. The topological polar surface area (TPSA) is 37.4 Å². The zero-order valence-corrected chi connectivity index (χ0v) is 9.95. The molecule has 1 atom stereocenters. The van der Waals surface area contributed by atoms with Gasteiger partial charge >= 0.3 is 0 Å². The predicted molar refractivity (Wildman–Crippen MR) is 59.2 cm³/mol. The van der Waals surface area contributed by atoms with Crippen molar-refractivity contribution in [3.05, 3.63) is 0 Å². The van der Waals surface area contributed by atoms with Gasteiger partial charge in [-0.15, -0.1) is 0 Å². The highest BCUT2D eigenvalue weighted by Gasteiger charge is 2.41. The summed E-state index contributed by atoms with van der Waals surface area (Å²) in [6.07, 6.45) is 3.62. The van der Waals surface area contributed by atoms with Crippen molar-refractivity contribution in [2.75, 3.05) is 6.54 Å². The summed E-state index contributed by atoms with van der Waals surface area (Å²) in [5, 5.41) is 0. The molecule has 1 fully saturated rings. The number of imide groups is 1. The number of carbonyl (C=O) groups excluding carboxylic acids is 2. The molecule has 0 aliphatic carbocycles. The number of likely N-dealkylation sites (tertiary alicyclic amines) is 1. The molecule has 2 amide bonds. The third-order valence-corrected chi connectivity index (χ3v) is 3.06. The highest BCUT2D eigenvalue weighted by molar-refractivity contribution is 6.00. The van der Waals surface area contributed by atoms with E-state index in [4.69, 9.17) is 0 Å². The van der Waals surface area contributed by atoms with Gasteiger partial charge in [-0.2, -0.15) is 0 Å². The van der Waals surface area contributed by atoms with Gasteiger partial charge in [0.1, 0.15) is 0 Å². The molecule has 1 saturated heterocycles. The molecule has 0 aromatic rings. The van der Waals surface area contributed by atoms with Crippen LogP contribution in [-0.4, -0.2) is 23.3 Å². The van der Waals surface area contributed by atoms with Crippen LogP contribution in [0.5, 0.6) is 0 Å². The minimum absolute atomic E-state index is 0.0188. The van der Waals surface area contributed by atoms with Crippen LogP contribution in [0.15, 0.2) is 0 Å². The van der Waals surface area contributed by atoms with Crippen molar-refractivity contribution in [2.24, 2.45) is 11.8 Å². The third kappa shape index (κ3) is 2.80. The summed E-state index contributed by atoms with van der Waals surface area (Å²) >= 11 is 0. The maximum Gasteiger partial charge on any atom is 0.234 e. The lowest BCUT2D eigenvalue weighted by molar-refractivity contribution is -0.160. The Morgan fingerprint density at radius 1 is 1.47 bits per heavy atom. The van der Waals surface area contributed by atoms with E-state index in [2.05, 4.69) is 6.92 Å². The van der Waals surface area contributed by atoms with Crippen LogP contribution in [0.1, 0.15) is 46.5 Å². The predicted octanol–water partition coefficient (Wildman–Crippen LogP) is 2.21. The number of nitrogens with zero attached hydrogens (tertiary/aromatic N) is 1. The number of hydrogen-bond donors (Lipinski definition) is 0. The molecule has 0 bridgehead atoms. The molecule has 0 aromatic heterocycles. The first-order valence-electron chi connectivity index (χ1n) is 5.92. The van der Waals surface area contributed by atoms with Crippen molar-refractivity contribution in [1.82, 2.24) is 4.90 Å². The first-order chi connectivity index (χ1) is 7.07. The highest BCUT2D eigenvalue weighted by atomic mass is 16.2. The van der Waals surface area contributed by atoms with Crippen LogP contribution >= 0.6 is 0 Å². The monoisotopic (exact) mass is 211 g/mol. The number of unbranched alkanes of at least 4 members (excludes halogenated alkanes) is 2. The molecular formula is C12H21NO2. The van der Waals surface area contributed by atoms with Crippen LogP contribution in [0.4, 0.5) is 0 Å². The zero-order valence-electron chi connectivity index (χ0n) is 9.95. The average molecular weight is 211 g/mol. The van der Waals surface area contributed by atoms with Gasteiger partial charge in [-0.25, -0.2) is 0 Å². The van der Waals surface area contributed by atoms with E-state index >= 15 is 0 Å². The van der Waals surface area contributed by atoms with E-state index in [1.165, 1.54) is 4.90 Å². The Morgan fingerprint density at radius 3 is 2.60 bits per heavy atom. The van der Waals surface area contributed by atoms with Crippen molar-refractivity contribution >= 4 is 11.8 Å². The van der Waals surface area contributed by atoms with E-state index < -0.39 is 0 Å². The van der Waals surface area contributed by atoms with Crippen LogP contribution < -0.4 is 0 Å². The first-order valence-corrected chi connectivity index (χ1v) is 5.92. The Balaban J connectivity index is 2.29. The maximum absolute atomic E-state index is 11.6. The molecule has 86 valence electrons. The van der Waals surface area contributed by atoms with Gasteiger partial charge < -0.3 is 0 Å². The smallest absolute Gasteiger partial charge is 0.234 e. The molecule has 0 saturated carbocycles. The average Bonchev–Trinajstić information content (AvgIpc) is 2.15. The quantitative estimate of drug-likeness (QED) is 0.516. The van der Waals surface area contributed by atoms with Gasteiger partial charge in [0.25, 0.3) is 0 Å². The van der Waals surface area contributed by atoms with Crippen molar-refractivity contribution in [3.63, 3.8) is 0 Å². The lowest BCUT2D eigenvalue weighted by atomic mass is 9.87. The Hall–Kier alpha value is -0.860. The summed E-state index contributed by atoms with van der Waals surface area (Å²) in [5.74, 6) is 0.495. The number of carbonyl (C=O) groups is 2. The molecule has 0 aromatic carbocycles. The summed E-state index contributed by atoms with van der Waals surface area (Å²) < 4.78 is 0. The second-order valence-electron chi connectivity index (χ2n) is 4.65. The number of amides is 2. The molecule has 0 radical (unpaired) electrons. The van der Waals surface area contributed by atoms with Crippen LogP contribution in [-0.2, 0) is 9.59 Å². The van der Waals surface area contributed by atoms with Gasteiger partial charge in [0.15, 0.2) is 0 Å². The van der Waals surface area contributed by atoms with Crippen LogP contribution in [0.2, 0.25) is 0 Å². The fourth-order valence-corrected chi connectivity index (χ4v) is 1.83. The van der Waals surface area contributed by atoms with Crippen molar-refractivity contribution in [2.45, 2.75) is 46.5 Å². The number of rotatable bonds is 5. The molecule has 3 nitrogen and oxygen atoms in total. The van der Waals surface area contributed by atoms with E-state index in [0.29, 0.717) is 18.9 Å². The molecule has 1 aliphatic rings. The van der Waals surface area contributed by atoms with E-state index in [0.717, 1.165) is 19.3 Å². The van der Waals surface area contributed by atoms with Gasteiger partial charge in [0.2, 0.25) is 11.8 Å². The molecule has 15 heavy (non-hydrogen) atoms. The molecule has 1 aliphatic heterocycles. The van der Waals surface area contributed by atoms with E-state index in [1.807, 2.05) is 13.8 Å². The second kappa shape index (κ2) is 5.29. The van der Waals surface area contributed by atoms with Gasteiger partial charge in [-0.3, -0.25) is 14.5 Å². The molecule has 0 spiro atoms. The molecule has 3 heteroatoms. The summed E-state index contributed by atoms with van der Waals surface area (Å²) in [6, 6.07) is 0. The van der Waals surface area contributed by atoms with E-state index in [1.54, 1.807) is 0 Å². The third-order valence-electron chi connectivity index (χ3n) is 3.06. The Labute approximate surface area is 91.8 Å². The minimum atomic E-state index is 0.0188. The summed E-state index contributed by atoms with van der Waals surface area (Å²) in [7, 11) is 0. The van der Waals surface area contributed by atoms with Crippen molar-refractivity contribution < 1.29 is 9.59 Å². The Morgan fingerprint density at radius 2 is 2.13 bits per heavy atom. The van der Waals surface area contributed by atoms with Gasteiger partial charge in [-0.1, -0.05) is 33.6 Å². The number of β-lactam (4-membered cyclic amide) rings is 1. The SMILES string of the molecule is CCCCCC(=O)N1CC(C(C)C)C1=O. The Bertz CT molecular complexity index is 248. The highest BCUT2D eigenvalue weighted by Crippen LogP contribution is 2.25. The molecular weight excluding hydrogens is 190 g/mol. The normalized spacial score (nSPS) is 20.7. The summed E-state index contributed by atoms with van der Waals surface area (Å²) in [4.78, 5) is 24.6. The van der Waals surface area contributed by atoms with Crippen LogP contribution in [0.25, 0.3) is 0 Å². The number of hydrogen-bond acceptors (Lipinski definition) is 2. The molecule has 1 unspecified atom stereocenters. The van der Waals surface area contributed by atoms with Gasteiger partial charge in [0.05, 0.1) is 5.92 Å². The van der Waals surface area contributed by atoms with E-state index in [-0.39, 0.29) is 17.7 Å². The van der Waals surface area contributed by atoms with Crippen molar-refractivity contribution in [3.8, 4) is 0 Å². The first kappa shape index (κ1) is 12.2. The second-order valence-corrected chi connectivity index (χ2v) is 4.65. The van der Waals surface area contributed by atoms with E-state index in [9.17, 15) is 9.59 Å². The lowest BCUT2D eigenvalue weighted by Crippen LogP contribution is -2.56.